The maximum atomic E-state index is 13.6. The summed E-state index contributed by atoms with van der Waals surface area (Å²) < 4.78 is 16.8. The van der Waals surface area contributed by atoms with E-state index in [0.717, 1.165) is 41.5 Å². The Morgan fingerprint density at radius 3 is 1.86 bits per heavy atom. The Labute approximate surface area is 256 Å². The third kappa shape index (κ3) is 8.46. The van der Waals surface area contributed by atoms with Crippen molar-refractivity contribution in [2.24, 2.45) is 5.73 Å². The summed E-state index contributed by atoms with van der Waals surface area (Å²) >= 11 is 0. The van der Waals surface area contributed by atoms with Crippen LogP contribution < -0.4 is 25.3 Å². The minimum atomic E-state index is -0.389. The number of benzene rings is 4. The molecule has 0 bridgehead atoms. The maximum Gasteiger partial charge on any atom is 0.187 e. The zero-order chi connectivity index (χ0) is 30.8. The Hall–Kier alpha value is -4.13. The van der Waals surface area contributed by atoms with E-state index in [0.29, 0.717) is 17.2 Å². The molecule has 6 heteroatoms. The molecular weight excluding hydrogens is 536 g/mol. The van der Waals surface area contributed by atoms with Crippen molar-refractivity contribution in [2.45, 2.75) is 58.2 Å². The Balaban J connectivity index is 1.46. The van der Waals surface area contributed by atoms with Crippen LogP contribution in [0.5, 0.6) is 17.2 Å². The van der Waals surface area contributed by atoms with E-state index in [9.17, 15) is 4.79 Å². The van der Waals surface area contributed by atoms with E-state index < -0.39 is 0 Å². The smallest absolute Gasteiger partial charge is 0.187 e. The zero-order valence-electron chi connectivity index (χ0n) is 25.9. The summed E-state index contributed by atoms with van der Waals surface area (Å²) in [7, 11) is 3.23. The number of rotatable bonds is 15. The van der Waals surface area contributed by atoms with Crippen LogP contribution in [0, 0.1) is 13.8 Å². The van der Waals surface area contributed by atoms with Gasteiger partial charge in [0.1, 0.15) is 23.9 Å². The molecule has 0 radical (unpaired) electrons. The number of nitrogens with one attached hydrogen (secondary N) is 1. The van der Waals surface area contributed by atoms with Crippen LogP contribution in [0.1, 0.15) is 71.7 Å². The molecule has 4 aromatic rings. The van der Waals surface area contributed by atoms with Gasteiger partial charge in [0, 0.05) is 11.6 Å². The average molecular weight is 581 g/mol. The molecule has 2 atom stereocenters. The average Bonchev–Trinajstić information content (AvgIpc) is 3.04. The lowest BCUT2D eigenvalue weighted by Crippen LogP contribution is -2.42. The molecule has 0 spiro atoms. The van der Waals surface area contributed by atoms with Crippen molar-refractivity contribution in [2.75, 3.05) is 20.8 Å². The summed E-state index contributed by atoms with van der Waals surface area (Å²) in [6.45, 7) is 6.29. The predicted molar refractivity (Wildman–Crippen MR) is 173 cm³/mol. The molecule has 0 aliphatic rings. The second-order valence-corrected chi connectivity index (χ2v) is 11.0. The van der Waals surface area contributed by atoms with Gasteiger partial charge in [0.2, 0.25) is 0 Å². The number of carbonyl (C=O) groups excluding carboxylic acids is 1. The van der Waals surface area contributed by atoms with E-state index >= 15 is 0 Å². The molecule has 0 aliphatic heterocycles. The fourth-order valence-corrected chi connectivity index (χ4v) is 5.13. The van der Waals surface area contributed by atoms with E-state index in [1.165, 1.54) is 11.1 Å². The van der Waals surface area contributed by atoms with Crippen molar-refractivity contribution in [3.05, 3.63) is 124 Å². The first-order chi connectivity index (χ1) is 20.8. The topological polar surface area (TPSA) is 82.8 Å². The predicted octanol–water partition coefficient (Wildman–Crippen LogP) is 7.25. The second-order valence-electron chi connectivity index (χ2n) is 11.0. The van der Waals surface area contributed by atoms with Gasteiger partial charge < -0.3 is 19.9 Å². The molecule has 226 valence electrons. The number of unbranched alkanes of at least 4 members (excludes halogenated alkanes) is 1. The largest absolute Gasteiger partial charge is 0.497 e. The normalized spacial score (nSPS) is 12.5. The number of methoxy groups -OCH3 is 2. The molecule has 0 saturated carbocycles. The van der Waals surface area contributed by atoms with E-state index in [2.05, 4.69) is 74.6 Å². The minimum Gasteiger partial charge on any atom is -0.497 e. The van der Waals surface area contributed by atoms with Gasteiger partial charge in [-0.3, -0.25) is 10.1 Å². The van der Waals surface area contributed by atoms with Crippen LogP contribution in [-0.4, -0.2) is 32.7 Å². The number of nitrogens with two attached hydrogens (primary N) is 1. The Bertz CT molecular complexity index is 1400. The molecule has 1 unspecified atom stereocenters. The summed E-state index contributed by atoms with van der Waals surface area (Å²) in [6, 6.07) is 29.3. The number of hydrogen-bond acceptors (Lipinski definition) is 6. The van der Waals surface area contributed by atoms with E-state index in [-0.39, 0.29) is 30.5 Å². The van der Waals surface area contributed by atoms with Gasteiger partial charge in [-0.15, -0.1) is 0 Å². The molecule has 3 N–H and O–H groups in total. The molecule has 0 aromatic heterocycles. The van der Waals surface area contributed by atoms with Crippen LogP contribution in [0.2, 0.25) is 0 Å². The van der Waals surface area contributed by atoms with E-state index in [4.69, 9.17) is 19.9 Å². The van der Waals surface area contributed by atoms with Crippen LogP contribution in [0.3, 0.4) is 0 Å². The molecule has 0 saturated heterocycles. The highest BCUT2D eigenvalue weighted by atomic mass is 16.5. The molecule has 0 fully saturated rings. The summed E-state index contributed by atoms with van der Waals surface area (Å²) in [6.07, 6.45) is 2.69. The molecule has 0 amide bonds. The molecule has 0 heterocycles. The van der Waals surface area contributed by atoms with Crippen molar-refractivity contribution in [1.29, 1.82) is 0 Å². The van der Waals surface area contributed by atoms with Gasteiger partial charge >= 0.3 is 0 Å². The van der Waals surface area contributed by atoms with Gasteiger partial charge in [-0.2, -0.15) is 0 Å². The highest BCUT2D eigenvalue weighted by molar-refractivity contribution is 5.85. The number of Topliss-reactive ketones (excluding diaryl/α,β-unsaturated/α-hetero) is 1. The van der Waals surface area contributed by atoms with E-state index in [1.54, 1.807) is 14.2 Å². The first kappa shape index (κ1) is 31.8. The van der Waals surface area contributed by atoms with Gasteiger partial charge in [0.25, 0.3) is 0 Å². The number of ether oxygens (including phenoxy) is 3. The lowest BCUT2D eigenvalue weighted by Gasteiger charge is -2.26. The fraction of sp³-hybridized carbons (Fsp3) is 0.324. The van der Waals surface area contributed by atoms with Gasteiger partial charge in [-0.05, 0) is 61.2 Å². The van der Waals surface area contributed by atoms with Gasteiger partial charge in [-0.25, -0.2) is 0 Å². The third-order valence-corrected chi connectivity index (χ3v) is 7.82. The van der Waals surface area contributed by atoms with Crippen molar-refractivity contribution >= 4 is 5.78 Å². The maximum absolute atomic E-state index is 13.6. The number of hydrogen-bond donors (Lipinski definition) is 2. The van der Waals surface area contributed by atoms with Crippen LogP contribution in [-0.2, 0) is 4.79 Å². The van der Waals surface area contributed by atoms with Gasteiger partial charge in [-0.1, -0.05) is 91.6 Å². The lowest BCUT2D eigenvalue weighted by atomic mass is 9.94. The van der Waals surface area contributed by atoms with Crippen LogP contribution in [0.15, 0.2) is 91.0 Å². The summed E-state index contributed by atoms with van der Waals surface area (Å²) in [5, 5.41) is 3.69. The number of ketones is 1. The third-order valence-electron chi connectivity index (χ3n) is 7.82. The lowest BCUT2D eigenvalue weighted by molar-refractivity contribution is -0.123. The van der Waals surface area contributed by atoms with Gasteiger partial charge in [0.05, 0.1) is 32.3 Å². The quantitative estimate of drug-likeness (QED) is 0.154. The first-order valence-corrected chi connectivity index (χ1v) is 14.9. The van der Waals surface area contributed by atoms with Crippen molar-refractivity contribution in [3.8, 4) is 17.2 Å². The monoisotopic (exact) mass is 580 g/mol. The molecule has 4 aromatic carbocycles. The molecule has 0 aliphatic carbocycles. The van der Waals surface area contributed by atoms with Crippen molar-refractivity contribution in [1.82, 2.24) is 5.32 Å². The van der Waals surface area contributed by atoms with Crippen LogP contribution >= 0.6 is 0 Å². The molecular formula is C37H44N2O4. The summed E-state index contributed by atoms with van der Waals surface area (Å²) in [5.74, 6) is 2.02. The molecule has 6 nitrogen and oxygen atoms in total. The summed E-state index contributed by atoms with van der Waals surface area (Å²) in [4.78, 5) is 13.6. The van der Waals surface area contributed by atoms with E-state index in [1.807, 2.05) is 42.5 Å². The van der Waals surface area contributed by atoms with Gasteiger partial charge in [0.15, 0.2) is 5.78 Å². The Morgan fingerprint density at radius 1 is 0.767 bits per heavy atom. The minimum absolute atomic E-state index is 0.0202. The second kappa shape index (κ2) is 15.4. The highest BCUT2D eigenvalue weighted by Crippen LogP contribution is 2.32. The van der Waals surface area contributed by atoms with Crippen molar-refractivity contribution < 1.29 is 19.0 Å². The van der Waals surface area contributed by atoms with Crippen LogP contribution in [0.25, 0.3) is 0 Å². The SMILES string of the molecule is CCCC[C@@H](NC(c1ccc(C)cc1)c1ccc(C)cc1)C(=O)COc1ccc(C(N)c2ccc(OC)cc2OC)cc1. The molecule has 4 rings (SSSR count). The standard InChI is InChI=1S/C37H44N2O4/c1-6-7-8-33(39-37(28-13-9-25(2)10-14-28)29-15-11-26(3)12-16-29)34(40)24-43-30-19-17-27(18-20-30)36(38)32-22-21-31(41-4)23-35(32)42-5/h9-23,33,36-37,39H,6-8,24,38H2,1-5H3/t33-,36?/m1/s1. The number of aryl methyl sites for hydroxylation is 2. The number of carbonyl (C=O) groups is 1. The Kier molecular flexibility index (Phi) is 11.4. The van der Waals surface area contributed by atoms with Crippen LogP contribution in [0.4, 0.5) is 0 Å². The zero-order valence-corrected chi connectivity index (χ0v) is 25.9. The Morgan fingerprint density at radius 2 is 1.33 bits per heavy atom. The first-order valence-electron chi connectivity index (χ1n) is 14.9. The summed E-state index contributed by atoms with van der Waals surface area (Å²) in [5.41, 5.74) is 13.0. The fourth-order valence-electron chi connectivity index (χ4n) is 5.13. The van der Waals surface area contributed by atoms with Crippen molar-refractivity contribution in [3.63, 3.8) is 0 Å². The highest BCUT2D eigenvalue weighted by Gasteiger charge is 2.24. The molecule has 43 heavy (non-hydrogen) atoms.